The SMILES string of the molecule is CCCCCCCOc1ccc(/C(S)=C(\S)c2ccc(OCCCCCCC)c(OCCCCCCC)c2)cc1OCCCCCCC. The Bertz CT molecular complexity index is 1050. The first-order chi connectivity index (χ1) is 23.5. The van der Waals surface area contributed by atoms with Gasteiger partial charge in [0.2, 0.25) is 0 Å². The molecule has 0 bridgehead atoms. The molecule has 6 heteroatoms. The lowest BCUT2D eigenvalue weighted by molar-refractivity contribution is 0.258. The van der Waals surface area contributed by atoms with E-state index in [2.05, 4.69) is 52.0 Å². The molecule has 0 amide bonds. The number of rotatable bonds is 30. The second kappa shape index (κ2) is 27.9. The van der Waals surface area contributed by atoms with E-state index < -0.39 is 0 Å². The summed E-state index contributed by atoms with van der Waals surface area (Å²) in [6, 6.07) is 12.3. The molecule has 0 saturated heterocycles. The molecule has 0 atom stereocenters. The summed E-state index contributed by atoms with van der Waals surface area (Å²) in [5, 5.41) is 0. The van der Waals surface area contributed by atoms with Crippen molar-refractivity contribution in [2.24, 2.45) is 0 Å². The minimum atomic E-state index is 0.679. The van der Waals surface area contributed by atoms with Gasteiger partial charge in [-0.15, -0.1) is 25.3 Å². The Kier molecular flexibility index (Phi) is 24.5. The molecule has 0 aliphatic carbocycles. The third kappa shape index (κ3) is 17.7. The van der Waals surface area contributed by atoms with Crippen molar-refractivity contribution in [2.75, 3.05) is 26.4 Å². The number of hydrogen-bond acceptors (Lipinski definition) is 6. The first-order valence-corrected chi connectivity index (χ1v) is 20.4. The molecule has 0 aliphatic heterocycles. The van der Waals surface area contributed by atoms with Gasteiger partial charge in [0.1, 0.15) is 0 Å². The Morgan fingerprint density at radius 3 is 0.938 bits per heavy atom. The summed E-state index contributed by atoms with van der Waals surface area (Å²) >= 11 is 9.97. The van der Waals surface area contributed by atoms with E-state index in [4.69, 9.17) is 44.2 Å². The van der Waals surface area contributed by atoms with E-state index in [-0.39, 0.29) is 0 Å². The Labute approximate surface area is 306 Å². The fourth-order valence-electron chi connectivity index (χ4n) is 5.60. The second-order valence-electron chi connectivity index (χ2n) is 13.1. The van der Waals surface area contributed by atoms with Crippen LogP contribution in [0.25, 0.3) is 9.81 Å². The van der Waals surface area contributed by atoms with Crippen LogP contribution in [0.2, 0.25) is 0 Å². The normalized spacial score (nSPS) is 11.8. The Morgan fingerprint density at radius 1 is 0.375 bits per heavy atom. The Morgan fingerprint density at radius 2 is 0.646 bits per heavy atom. The van der Waals surface area contributed by atoms with E-state index in [1.807, 2.05) is 12.1 Å². The summed E-state index contributed by atoms with van der Waals surface area (Å²) in [5.41, 5.74) is 1.90. The molecule has 0 aromatic heterocycles. The molecular formula is C42H68O4S2. The highest BCUT2D eigenvalue weighted by Gasteiger charge is 2.14. The Balaban J connectivity index is 2.22. The molecule has 2 aromatic carbocycles. The highest BCUT2D eigenvalue weighted by Crippen LogP contribution is 2.39. The first-order valence-electron chi connectivity index (χ1n) is 19.5. The van der Waals surface area contributed by atoms with Crippen molar-refractivity contribution in [1.29, 1.82) is 0 Å². The lowest BCUT2D eigenvalue weighted by atomic mass is 10.1. The molecule has 0 unspecified atom stereocenters. The molecule has 2 aromatic rings. The van der Waals surface area contributed by atoms with Crippen LogP contribution in [0.1, 0.15) is 167 Å². The van der Waals surface area contributed by atoms with Crippen molar-refractivity contribution in [3.63, 3.8) is 0 Å². The number of thiol groups is 2. The molecule has 272 valence electrons. The van der Waals surface area contributed by atoms with Crippen LogP contribution in [0.3, 0.4) is 0 Å². The van der Waals surface area contributed by atoms with Gasteiger partial charge in [-0.25, -0.2) is 0 Å². The van der Waals surface area contributed by atoms with Gasteiger partial charge >= 0.3 is 0 Å². The van der Waals surface area contributed by atoms with Gasteiger partial charge in [-0.05, 0) is 73.2 Å². The van der Waals surface area contributed by atoms with Crippen molar-refractivity contribution < 1.29 is 18.9 Å². The molecule has 0 radical (unpaired) electrons. The standard InChI is InChI=1S/C42H68O4S2/c1-5-9-13-17-21-29-43-37-27-25-35(33-39(37)45-31-23-19-15-11-7-3)41(47)42(48)36-26-28-38(44-30-22-18-14-10-6-2)40(34-36)46-32-24-20-16-12-8-4/h25-28,33-34,47-48H,5-24,29-32H2,1-4H3/b42-41+. The van der Waals surface area contributed by atoms with Crippen molar-refractivity contribution in [3.05, 3.63) is 47.5 Å². The lowest BCUT2D eigenvalue weighted by Gasteiger charge is -2.17. The van der Waals surface area contributed by atoms with Crippen molar-refractivity contribution in [2.45, 2.75) is 156 Å². The zero-order chi connectivity index (χ0) is 34.7. The van der Waals surface area contributed by atoms with Gasteiger partial charge < -0.3 is 18.9 Å². The Hall–Kier alpha value is -1.92. The summed E-state index contributed by atoms with van der Waals surface area (Å²) in [5.74, 6) is 3.16. The highest BCUT2D eigenvalue weighted by molar-refractivity contribution is 7.96. The van der Waals surface area contributed by atoms with Crippen LogP contribution in [0.4, 0.5) is 0 Å². The predicted molar refractivity (Wildman–Crippen MR) is 215 cm³/mol. The minimum Gasteiger partial charge on any atom is -0.490 e. The maximum Gasteiger partial charge on any atom is 0.161 e. The van der Waals surface area contributed by atoms with Crippen LogP contribution in [0.15, 0.2) is 36.4 Å². The van der Waals surface area contributed by atoms with Crippen molar-refractivity contribution >= 4 is 35.1 Å². The van der Waals surface area contributed by atoms with Gasteiger partial charge in [0.25, 0.3) is 0 Å². The van der Waals surface area contributed by atoms with E-state index >= 15 is 0 Å². The number of benzene rings is 2. The van der Waals surface area contributed by atoms with Crippen molar-refractivity contribution in [1.82, 2.24) is 0 Å². The van der Waals surface area contributed by atoms with Crippen LogP contribution in [0, 0.1) is 0 Å². The molecule has 0 spiro atoms. The minimum absolute atomic E-state index is 0.679. The topological polar surface area (TPSA) is 36.9 Å². The number of hydrogen-bond donors (Lipinski definition) is 2. The number of unbranched alkanes of at least 4 members (excludes halogenated alkanes) is 16. The van der Waals surface area contributed by atoms with Gasteiger partial charge in [0.05, 0.1) is 26.4 Å². The van der Waals surface area contributed by atoms with E-state index in [9.17, 15) is 0 Å². The monoisotopic (exact) mass is 700 g/mol. The van der Waals surface area contributed by atoms with Crippen LogP contribution >= 0.6 is 25.3 Å². The molecule has 48 heavy (non-hydrogen) atoms. The van der Waals surface area contributed by atoms with Gasteiger partial charge in [-0.1, -0.05) is 130 Å². The molecule has 2 rings (SSSR count). The first kappa shape index (κ1) is 42.2. The third-order valence-electron chi connectivity index (χ3n) is 8.68. The van der Waals surface area contributed by atoms with Crippen LogP contribution < -0.4 is 18.9 Å². The van der Waals surface area contributed by atoms with E-state index in [0.717, 1.165) is 69.6 Å². The summed E-state index contributed by atoms with van der Waals surface area (Å²) in [6.07, 6.45) is 24.0. The lowest BCUT2D eigenvalue weighted by Crippen LogP contribution is -2.04. The molecule has 0 saturated carbocycles. The van der Waals surface area contributed by atoms with E-state index in [0.29, 0.717) is 26.4 Å². The number of ether oxygens (including phenoxy) is 4. The molecular weight excluding hydrogens is 633 g/mol. The predicted octanol–water partition coefficient (Wildman–Crippen LogP) is 13.8. The smallest absolute Gasteiger partial charge is 0.161 e. The van der Waals surface area contributed by atoms with Gasteiger partial charge in [-0.3, -0.25) is 0 Å². The second-order valence-corrected chi connectivity index (χ2v) is 14.0. The zero-order valence-corrected chi connectivity index (χ0v) is 32.8. The summed E-state index contributed by atoms with van der Waals surface area (Å²) in [4.78, 5) is 1.57. The van der Waals surface area contributed by atoms with Crippen LogP contribution in [-0.4, -0.2) is 26.4 Å². The van der Waals surface area contributed by atoms with Gasteiger partial charge in [0.15, 0.2) is 23.0 Å². The summed E-state index contributed by atoms with van der Waals surface area (Å²) in [7, 11) is 0. The summed E-state index contributed by atoms with van der Waals surface area (Å²) < 4.78 is 25.1. The molecule has 4 nitrogen and oxygen atoms in total. The fraction of sp³-hybridized carbons (Fsp3) is 0.667. The van der Waals surface area contributed by atoms with Crippen LogP contribution in [0.5, 0.6) is 23.0 Å². The third-order valence-corrected chi connectivity index (χ3v) is 9.82. The largest absolute Gasteiger partial charge is 0.490 e. The quantitative estimate of drug-likeness (QED) is 0.0483. The highest BCUT2D eigenvalue weighted by atomic mass is 32.1. The molecule has 0 aliphatic rings. The van der Waals surface area contributed by atoms with Crippen molar-refractivity contribution in [3.8, 4) is 23.0 Å². The van der Waals surface area contributed by atoms with Gasteiger partial charge in [-0.2, -0.15) is 0 Å². The molecule has 0 fully saturated rings. The fourth-order valence-corrected chi connectivity index (χ4v) is 6.14. The zero-order valence-electron chi connectivity index (χ0n) is 31.0. The van der Waals surface area contributed by atoms with Crippen LogP contribution in [-0.2, 0) is 0 Å². The average molecular weight is 701 g/mol. The molecule has 0 N–H and O–H groups in total. The molecule has 0 heterocycles. The maximum absolute atomic E-state index is 6.33. The summed E-state index contributed by atoms with van der Waals surface area (Å²) in [6.45, 7) is 11.7. The van der Waals surface area contributed by atoms with E-state index in [1.165, 1.54) is 103 Å². The van der Waals surface area contributed by atoms with Gasteiger partial charge in [0, 0.05) is 9.81 Å². The van der Waals surface area contributed by atoms with E-state index in [1.54, 1.807) is 0 Å². The average Bonchev–Trinajstić information content (AvgIpc) is 3.11. The maximum atomic E-state index is 6.33.